The molecule has 1 saturated carbocycles. The first-order chi connectivity index (χ1) is 7.88. The van der Waals surface area contributed by atoms with Crippen molar-refractivity contribution in [1.82, 2.24) is 0 Å². The van der Waals surface area contributed by atoms with Crippen LogP contribution >= 0.6 is 0 Å². The van der Waals surface area contributed by atoms with Gasteiger partial charge in [0.15, 0.2) is 0 Å². The number of nitrogens with two attached hydrogens (primary N) is 1. The van der Waals surface area contributed by atoms with Crippen LogP contribution in [-0.4, -0.2) is 15.0 Å². The molecule has 0 bridgehead atoms. The van der Waals surface area contributed by atoms with Crippen LogP contribution in [0.3, 0.4) is 0 Å². The Bertz CT molecular complexity index is 530. The highest BCUT2D eigenvalue weighted by molar-refractivity contribution is 7.89. The molecule has 6 heteroatoms. The molecule has 4 nitrogen and oxygen atoms in total. The van der Waals surface area contributed by atoms with Crippen LogP contribution in [0.1, 0.15) is 13.3 Å². The van der Waals surface area contributed by atoms with Gasteiger partial charge in [-0.2, -0.15) is 0 Å². The van der Waals surface area contributed by atoms with E-state index in [4.69, 9.17) is 5.14 Å². The van der Waals surface area contributed by atoms with Gasteiger partial charge >= 0.3 is 0 Å². The summed E-state index contributed by atoms with van der Waals surface area (Å²) in [5, 5.41) is 7.88. The number of hydrogen-bond acceptors (Lipinski definition) is 3. The summed E-state index contributed by atoms with van der Waals surface area (Å²) in [5.74, 6) is 0.686. The Hall–Kier alpha value is -1.14. The molecule has 1 aromatic carbocycles. The van der Waals surface area contributed by atoms with Crippen LogP contribution in [0.2, 0.25) is 0 Å². The van der Waals surface area contributed by atoms with Gasteiger partial charge in [-0.25, -0.2) is 17.9 Å². The van der Waals surface area contributed by atoms with Gasteiger partial charge in [-0.1, -0.05) is 6.92 Å². The molecule has 2 atom stereocenters. The molecule has 0 spiro atoms. The topological polar surface area (TPSA) is 72.2 Å². The van der Waals surface area contributed by atoms with Crippen LogP contribution < -0.4 is 10.5 Å². The molecule has 0 saturated heterocycles. The number of benzene rings is 1. The molecule has 0 heterocycles. The predicted octanol–water partition coefficient (Wildman–Crippen LogP) is 1.54. The highest BCUT2D eigenvalue weighted by atomic mass is 32.2. The normalized spacial score (nSPS) is 23.5. The summed E-state index contributed by atoms with van der Waals surface area (Å²) in [6.07, 6.45) is 1.16. The smallest absolute Gasteiger partial charge is 0.238 e. The number of halogens is 1. The first kappa shape index (κ1) is 12.3. The molecule has 0 aromatic heterocycles. The van der Waals surface area contributed by atoms with Gasteiger partial charge in [-0.15, -0.1) is 0 Å². The Morgan fingerprint density at radius 3 is 2.65 bits per heavy atom. The van der Waals surface area contributed by atoms with Crippen molar-refractivity contribution in [2.24, 2.45) is 17.0 Å². The lowest BCUT2D eigenvalue weighted by Gasteiger charge is -2.08. The van der Waals surface area contributed by atoms with Crippen molar-refractivity contribution >= 4 is 15.7 Å². The van der Waals surface area contributed by atoms with Crippen LogP contribution in [0.15, 0.2) is 23.1 Å². The van der Waals surface area contributed by atoms with E-state index in [0.717, 1.165) is 12.5 Å². The van der Waals surface area contributed by atoms with E-state index in [1.807, 2.05) is 0 Å². The van der Waals surface area contributed by atoms with Crippen LogP contribution in [0, 0.1) is 17.7 Å². The molecule has 0 radical (unpaired) electrons. The minimum Gasteiger partial charge on any atom is -0.382 e. The molecule has 3 N–H and O–H groups in total. The van der Waals surface area contributed by atoms with E-state index in [9.17, 15) is 12.8 Å². The van der Waals surface area contributed by atoms with Crippen LogP contribution in [-0.2, 0) is 10.0 Å². The van der Waals surface area contributed by atoms with Crippen molar-refractivity contribution in [3.63, 3.8) is 0 Å². The monoisotopic (exact) mass is 258 g/mol. The van der Waals surface area contributed by atoms with Gasteiger partial charge in [0.05, 0.1) is 10.6 Å². The van der Waals surface area contributed by atoms with Crippen molar-refractivity contribution < 1.29 is 12.8 Å². The summed E-state index contributed by atoms with van der Waals surface area (Å²) in [4.78, 5) is -0.208. The maximum Gasteiger partial charge on any atom is 0.238 e. The minimum atomic E-state index is -3.84. The summed E-state index contributed by atoms with van der Waals surface area (Å²) < 4.78 is 35.6. The van der Waals surface area contributed by atoms with E-state index in [1.54, 1.807) is 0 Å². The zero-order valence-electron chi connectivity index (χ0n) is 9.48. The minimum absolute atomic E-state index is 0.208. The number of nitrogens with one attached hydrogen (secondary N) is 1. The zero-order valence-corrected chi connectivity index (χ0v) is 10.3. The lowest BCUT2D eigenvalue weighted by atomic mass is 10.3. The van der Waals surface area contributed by atoms with Gasteiger partial charge < -0.3 is 5.32 Å². The van der Waals surface area contributed by atoms with Crippen LogP contribution in [0.4, 0.5) is 10.1 Å². The van der Waals surface area contributed by atoms with Crippen molar-refractivity contribution in [2.75, 3.05) is 11.9 Å². The maximum atomic E-state index is 13.6. The predicted molar refractivity (Wildman–Crippen MR) is 63.5 cm³/mol. The average Bonchev–Trinajstić information content (AvgIpc) is 2.91. The maximum absolute atomic E-state index is 13.6. The summed E-state index contributed by atoms with van der Waals surface area (Å²) in [5.41, 5.74) is 0.316. The molecule has 0 aliphatic heterocycles. The lowest BCUT2D eigenvalue weighted by Crippen LogP contribution is -2.13. The largest absolute Gasteiger partial charge is 0.382 e. The Morgan fingerprint density at radius 2 is 2.18 bits per heavy atom. The summed E-state index contributed by atoms with van der Waals surface area (Å²) in [7, 11) is -3.84. The highest BCUT2D eigenvalue weighted by Gasteiger charge is 2.32. The quantitative estimate of drug-likeness (QED) is 0.860. The Labute approximate surface area is 100 Å². The molecule has 1 aliphatic rings. The zero-order chi connectivity index (χ0) is 12.6. The lowest BCUT2D eigenvalue weighted by molar-refractivity contribution is 0.592. The molecule has 0 amide bonds. The fourth-order valence-electron chi connectivity index (χ4n) is 1.74. The third-order valence-corrected chi connectivity index (χ3v) is 4.01. The van der Waals surface area contributed by atoms with Gasteiger partial charge in [0, 0.05) is 6.54 Å². The molecule has 94 valence electrons. The van der Waals surface area contributed by atoms with Crippen molar-refractivity contribution in [1.29, 1.82) is 0 Å². The van der Waals surface area contributed by atoms with Gasteiger partial charge in [0.1, 0.15) is 5.82 Å². The SMILES string of the molecule is CC1CC1CNc1ccc(S(N)(=O)=O)cc1F. The molecule has 17 heavy (non-hydrogen) atoms. The highest BCUT2D eigenvalue weighted by Crippen LogP contribution is 2.37. The van der Waals surface area contributed by atoms with E-state index in [0.29, 0.717) is 24.1 Å². The number of rotatable bonds is 4. The third-order valence-electron chi connectivity index (χ3n) is 3.10. The second-order valence-electron chi connectivity index (χ2n) is 4.54. The van der Waals surface area contributed by atoms with E-state index >= 15 is 0 Å². The summed E-state index contributed by atoms with van der Waals surface area (Å²) in [6.45, 7) is 2.86. The molecule has 2 rings (SSSR count). The van der Waals surface area contributed by atoms with Crippen molar-refractivity contribution in [3.8, 4) is 0 Å². The Balaban J connectivity index is 2.09. The number of anilines is 1. The number of hydrogen-bond donors (Lipinski definition) is 2. The van der Waals surface area contributed by atoms with E-state index < -0.39 is 15.8 Å². The molecule has 2 unspecified atom stereocenters. The van der Waals surface area contributed by atoms with E-state index in [1.165, 1.54) is 12.1 Å². The summed E-state index contributed by atoms with van der Waals surface area (Å²) in [6, 6.07) is 3.65. The summed E-state index contributed by atoms with van der Waals surface area (Å²) >= 11 is 0. The van der Waals surface area contributed by atoms with E-state index in [-0.39, 0.29) is 4.90 Å². The van der Waals surface area contributed by atoms with Gasteiger partial charge in [0.25, 0.3) is 0 Å². The Morgan fingerprint density at radius 1 is 1.53 bits per heavy atom. The number of primary sulfonamides is 1. The van der Waals surface area contributed by atoms with Crippen LogP contribution in [0.5, 0.6) is 0 Å². The second kappa shape index (κ2) is 4.27. The van der Waals surface area contributed by atoms with Gasteiger partial charge in [-0.3, -0.25) is 0 Å². The van der Waals surface area contributed by atoms with E-state index in [2.05, 4.69) is 12.2 Å². The Kier molecular flexibility index (Phi) is 3.09. The molecular weight excluding hydrogens is 243 g/mol. The van der Waals surface area contributed by atoms with Gasteiger partial charge in [0.2, 0.25) is 10.0 Å². The average molecular weight is 258 g/mol. The first-order valence-corrected chi connectivity index (χ1v) is 6.99. The fraction of sp³-hybridized carbons (Fsp3) is 0.455. The fourth-order valence-corrected chi connectivity index (χ4v) is 2.27. The van der Waals surface area contributed by atoms with Crippen molar-refractivity contribution in [3.05, 3.63) is 24.0 Å². The molecule has 1 aromatic rings. The van der Waals surface area contributed by atoms with Gasteiger partial charge in [-0.05, 0) is 36.5 Å². The molecule has 1 fully saturated rings. The standard InChI is InChI=1S/C11H15FN2O2S/c1-7-4-8(7)6-14-11-3-2-9(5-10(11)12)17(13,15)16/h2-3,5,7-8,14H,4,6H2,1H3,(H2,13,15,16). The third kappa shape index (κ3) is 2.95. The second-order valence-corrected chi connectivity index (χ2v) is 6.10. The first-order valence-electron chi connectivity index (χ1n) is 5.44. The molecule has 1 aliphatic carbocycles. The van der Waals surface area contributed by atoms with Crippen molar-refractivity contribution in [2.45, 2.75) is 18.2 Å². The molecular formula is C11H15FN2O2S. The van der Waals surface area contributed by atoms with Crippen LogP contribution in [0.25, 0.3) is 0 Å². The number of sulfonamides is 1.